The standard InChI is InChI=1S/C60H41NO/c1-60(46-19-6-3-7-20-46)52-24-11-8-23-50(52)59-53(60)25-15-27-55(59)61(47-36-34-43(35-37-47)42-32-30-41(31-33-42)40-16-4-2-5-17-40)54-26-12-9-21-48(54)45-38-44-18-14-29-57-58(44)51(39-45)49-22-10-13-28-56(49)62-57/h2-39H,1H3. The molecule has 0 radical (unpaired) electrons. The summed E-state index contributed by atoms with van der Waals surface area (Å²) in [5.41, 5.74) is 18.8. The first-order chi connectivity index (χ1) is 30.6. The Morgan fingerprint density at radius 1 is 0.371 bits per heavy atom. The molecular formula is C60H41NO. The van der Waals surface area contributed by atoms with Gasteiger partial charge >= 0.3 is 0 Å². The second-order valence-corrected chi connectivity index (χ2v) is 16.6. The molecule has 0 amide bonds. The van der Waals surface area contributed by atoms with E-state index in [2.05, 4.69) is 236 Å². The number of ether oxygens (including phenoxy) is 1. The number of hydrogen-bond donors (Lipinski definition) is 0. The van der Waals surface area contributed by atoms with Crippen LogP contribution < -0.4 is 9.64 Å². The fourth-order valence-electron chi connectivity index (χ4n) is 10.1. The molecule has 292 valence electrons. The van der Waals surface area contributed by atoms with Crippen LogP contribution in [-0.4, -0.2) is 0 Å². The summed E-state index contributed by atoms with van der Waals surface area (Å²) in [5.74, 6) is 1.78. The summed E-state index contributed by atoms with van der Waals surface area (Å²) in [6, 6.07) is 83.8. The van der Waals surface area contributed by atoms with E-state index in [1.54, 1.807) is 0 Å². The molecule has 1 atom stereocenters. The van der Waals surface area contributed by atoms with Crippen LogP contribution in [0.15, 0.2) is 231 Å². The van der Waals surface area contributed by atoms with E-state index in [9.17, 15) is 0 Å². The minimum atomic E-state index is -0.335. The number of anilines is 3. The average molecular weight is 792 g/mol. The van der Waals surface area contributed by atoms with Crippen molar-refractivity contribution in [2.75, 3.05) is 4.90 Å². The van der Waals surface area contributed by atoms with Crippen molar-refractivity contribution < 1.29 is 4.74 Å². The van der Waals surface area contributed by atoms with Gasteiger partial charge in [0.15, 0.2) is 0 Å². The molecule has 1 unspecified atom stereocenters. The van der Waals surface area contributed by atoms with Crippen LogP contribution in [0.2, 0.25) is 0 Å². The zero-order valence-corrected chi connectivity index (χ0v) is 34.3. The third-order valence-corrected chi connectivity index (χ3v) is 13.2. The van der Waals surface area contributed by atoms with Crippen molar-refractivity contribution in [1.29, 1.82) is 0 Å². The smallest absolute Gasteiger partial charge is 0.135 e. The number of hydrogen-bond acceptors (Lipinski definition) is 2. The summed E-state index contributed by atoms with van der Waals surface area (Å²) in [7, 11) is 0. The van der Waals surface area contributed by atoms with E-state index in [1.807, 2.05) is 6.07 Å². The minimum Gasteiger partial charge on any atom is -0.456 e. The van der Waals surface area contributed by atoms with Crippen LogP contribution in [0.25, 0.3) is 66.4 Å². The lowest BCUT2D eigenvalue weighted by atomic mass is 9.74. The first-order valence-electron chi connectivity index (χ1n) is 21.4. The van der Waals surface area contributed by atoms with E-state index < -0.39 is 0 Å². The SMILES string of the molecule is CC1(c2ccccc2)c2ccccc2-c2c(N(c3ccc(-c4ccc(-c5ccccc5)cc4)cc3)c3ccccc3-c3cc4c5c(cccc5c3)Oc3ccccc3-4)cccc21. The van der Waals surface area contributed by atoms with Crippen LogP contribution in [0.4, 0.5) is 17.1 Å². The quantitative estimate of drug-likeness (QED) is 0.159. The topological polar surface area (TPSA) is 12.5 Å². The highest BCUT2D eigenvalue weighted by atomic mass is 16.5. The van der Waals surface area contributed by atoms with Gasteiger partial charge in [-0.15, -0.1) is 0 Å². The molecule has 2 nitrogen and oxygen atoms in total. The molecule has 10 aromatic rings. The van der Waals surface area contributed by atoms with Gasteiger partial charge in [-0.3, -0.25) is 0 Å². The zero-order chi connectivity index (χ0) is 41.2. The largest absolute Gasteiger partial charge is 0.456 e. The molecule has 10 aromatic carbocycles. The Balaban J connectivity index is 1.07. The van der Waals surface area contributed by atoms with Gasteiger partial charge in [0.25, 0.3) is 0 Å². The summed E-state index contributed by atoms with van der Waals surface area (Å²) < 4.78 is 6.45. The second kappa shape index (κ2) is 14.4. The number of para-hydroxylation sites is 2. The monoisotopic (exact) mass is 791 g/mol. The predicted molar refractivity (Wildman–Crippen MR) is 258 cm³/mol. The number of nitrogens with zero attached hydrogens (tertiary/aromatic N) is 1. The molecule has 0 saturated heterocycles. The van der Waals surface area contributed by atoms with Gasteiger partial charge in [-0.2, -0.15) is 0 Å². The Morgan fingerprint density at radius 2 is 0.919 bits per heavy atom. The lowest BCUT2D eigenvalue weighted by molar-refractivity contribution is 0.487. The Morgan fingerprint density at radius 3 is 1.68 bits per heavy atom. The van der Waals surface area contributed by atoms with Crippen LogP contribution in [0.3, 0.4) is 0 Å². The second-order valence-electron chi connectivity index (χ2n) is 16.6. The van der Waals surface area contributed by atoms with Crippen molar-refractivity contribution in [1.82, 2.24) is 0 Å². The average Bonchev–Trinajstić information content (AvgIpc) is 3.61. The van der Waals surface area contributed by atoms with Crippen molar-refractivity contribution in [3.63, 3.8) is 0 Å². The Labute approximate surface area is 362 Å². The van der Waals surface area contributed by atoms with Gasteiger partial charge in [-0.1, -0.05) is 182 Å². The van der Waals surface area contributed by atoms with Crippen molar-refractivity contribution in [2.45, 2.75) is 12.3 Å². The van der Waals surface area contributed by atoms with E-state index in [0.29, 0.717) is 0 Å². The summed E-state index contributed by atoms with van der Waals surface area (Å²) >= 11 is 0. The molecule has 0 fully saturated rings. The Bertz CT molecular complexity index is 3320. The van der Waals surface area contributed by atoms with Crippen LogP contribution >= 0.6 is 0 Å². The highest BCUT2D eigenvalue weighted by Gasteiger charge is 2.42. The van der Waals surface area contributed by atoms with Crippen LogP contribution in [0, 0.1) is 0 Å². The van der Waals surface area contributed by atoms with Crippen molar-refractivity contribution >= 4 is 27.8 Å². The maximum absolute atomic E-state index is 6.45. The van der Waals surface area contributed by atoms with Crippen molar-refractivity contribution in [2.24, 2.45) is 0 Å². The molecule has 1 heterocycles. The summed E-state index contributed by atoms with van der Waals surface area (Å²) in [4.78, 5) is 2.49. The van der Waals surface area contributed by atoms with Gasteiger partial charge in [0.05, 0.1) is 11.4 Å². The van der Waals surface area contributed by atoms with Crippen molar-refractivity contribution in [3.05, 3.63) is 247 Å². The highest BCUT2D eigenvalue weighted by Crippen LogP contribution is 2.57. The molecule has 62 heavy (non-hydrogen) atoms. The predicted octanol–water partition coefficient (Wildman–Crippen LogP) is 16.4. The maximum Gasteiger partial charge on any atom is 0.135 e. The van der Waals surface area contributed by atoms with Gasteiger partial charge in [0.2, 0.25) is 0 Å². The van der Waals surface area contributed by atoms with Gasteiger partial charge in [-0.25, -0.2) is 0 Å². The van der Waals surface area contributed by atoms with Crippen LogP contribution in [0.5, 0.6) is 11.5 Å². The number of benzene rings is 10. The van der Waals surface area contributed by atoms with E-state index in [0.717, 1.165) is 56.0 Å². The van der Waals surface area contributed by atoms with Gasteiger partial charge in [-0.05, 0) is 116 Å². The molecule has 0 spiro atoms. The molecule has 1 aliphatic heterocycles. The van der Waals surface area contributed by atoms with E-state index in [-0.39, 0.29) is 5.41 Å². The molecule has 2 heteroatoms. The Hall–Kier alpha value is -7.94. The van der Waals surface area contributed by atoms with Crippen LogP contribution in [0.1, 0.15) is 23.6 Å². The summed E-state index contributed by atoms with van der Waals surface area (Å²) in [6.07, 6.45) is 0. The molecular weight excluding hydrogens is 751 g/mol. The molecule has 0 saturated carbocycles. The van der Waals surface area contributed by atoms with Gasteiger partial charge < -0.3 is 9.64 Å². The fourth-order valence-corrected chi connectivity index (χ4v) is 10.1. The van der Waals surface area contributed by atoms with E-state index in [4.69, 9.17) is 4.74 Å². The molecule has 2 aliphatic rings. The molecule has 0 aromatic heterocycles. The lowest BCUT2D eigenvalue weighted by Gasteiger charge is -2.32. The van der Waals surface area contributed by atoms with Crippen molar-refractivity contribution in [3.8, 4) is 67.1 Å². The van der Waals surface area contributed by atoms with Gasteiger partial charge in [0, 0.05) is 33.2 Å². The molecule has 12 rings (SSSR count). The normalized spacial score (nSPS) is 14.4. The minimum absolute atomic E-state index is 0.335. The van der Waals surface area contributed by atoms with Crippen LogP contribution in [-0.2, 0) is 5.41 Å². The zero-order valence-electron chi connectivity index (χ0n) is 34.3. The highest BCUT2D eigenvalue weighted by molar-refractivity contribution is 6.08. The van der Waals surface area contributed by atoms with E-state index >= 15 is 0 Å². The number of fused-ring (bicyclic) bond motifs is 5. The Kier molecular flexibility index (Phi) is 8.33. The number of rotatable bonds is 7. The third kappa shape index (κ3) is 5.65. The first-order valence-corrected chi connectivity index (χ1v) is 21.4. The third-order valence-electron chi connectivity index (χ3n) is 13.2. The fraction of sp³-hybridized carbons (Fsp3) is 0.0333. The first kappa shape index (κ1) is 36.0. The molecule has 0 bridgehead atoms. The van der Waals surface area contributed by atoms with E-state index in [1.165, 1.54) is 55.6 Å². The molecule has 1 aliphatic carbocycles. The maximum atomic E-state index is 6.45. The summed E-state index contributed by atoms with van der Waals surface area (Å²) in [5, 5.41) is 2.30. The summed E-state index contributed by atoms with van der Waals surface area (Å²) in [6.45, 7) is 2.39. The van der Waals surface area contributed by atoms with Gasteiger partial charge in [0.1, 0.15) is 11.5 Å². The molecule has 0 N–H and O–H groups in total. The lowest BCUT2D eigenvalue weighted by Crippen LogP contribution is -2.22.